The van der Waals surface area contributed by atoms with Crippen molar-refractivity contribution in [2.75, 3.05) is 31.2 Å². The van der Waals surface area contributed by atoms with Gasteiger partial charge in [0.1, 0.15) is 5.54 Å². The number of aliphatic hydroxyl groups excluding tert-OH is 1. The molecule has 4 atom stereocenters. The number of carbonyl (C=O) groups excluding carboxylic acids is 2. The van der Waals surface area contributed by atoms with Gasteiger partial charge in [0.2, 0.25) is 5.91 Å². The topological polar surface area (TPSA) is 103 Å². The van der Waals surface area contributed by atoms with Crippen molar-refractivity contribution in [2.24, 2.45) is 5.92 Å². The number of anilines is 1. The molecule has 3 fully saturated rings. The standard InChI is InChI=1S/C46H48N4O5/c1-32-41(29-49-26-24-46(25-27-49)45(53)48-31-50(46)39-13-6-3-7-14-39)54-44(55-42(32)35-18-16-33(30-51)17-19-35)37-22-20-34(21-23-37)40-15-9-8-12-38(40)28-47-43(52)36-10-4-2-5-11-36/h2-23,32,41-42,44,51H,24-31H2,1H3,(H,47,52)(H,48,53). The van der Waals surface area contributed by atoms with Gasteiger partial charge in [0, 0.05) is 48.9 Å². The fourth-order valence-corrected chi connectivity index (χ4v) is 8.36. The Morgan fingerprint density at radius 1 is 0.818 bits per heavy atom. The van der Waals surface area contributed by atoms with Crippen molar-refractivity contribution in [3.63, 3.8) is 0 Å². The number of para-hydroxylation sites is 1. The van der Waals surface area contributed by atoms with Crippen LogP contribution in [-0.4, -0.2) is 59.8 Å². The minimum absolute atomic E-state index is 0.0131. The third-order valence-corrected chi connectivity index (χ3v) is 11.6. The molecule has 4 unspecified atom stereocenters. The summed E-state index contributed by atoms with van der Waals surface area (Å²) in [6.45, 7) is 5.39. The summed E-state index contributed by atoms with van der Waals surface area (Å²) in [5, 5.41) is 15.9. The fourth-order valence-electron chi connectivity index (χ4n) is 8.36. The highest BCUT2D eigenvalue weighted by Crippen LogP contribution is 2.43. The van der Waals surface area contributed by atoms with E-state index in [1.807, 2.05) is 91.0 Å². The van der Waals surface area contributed by atoms with E-state index in [1.54, 1.807) is 0 Å². The lowest BCUT2D eigenvalue weighted by Gasteiger charge is -2.46. The number of benzene rings is 5. The molecule has 3 aliphatic rings. The second-order valence-electron chi connectivity index (χ2n) is 14.9. The van der Waals surface area contributed by atoms with Crippen LogP contribution in [0.25, 0.3) is 11.1 Å². The van der Waals surface area contributed by atoms with Crippen LogP contribution in [0.2, 0.25) is 0 Å². The average Bonchev–Trinajstić information content (AvgIpc) is 3.56. The average molecular weight is 737 g/mol. The lowest BCUT2D eigenvalue weighted by atomic mass is 9.84. The zero-order valence-corrected chi connectivity index (χ0v) is 31.1. The van der Waals surface area contributed by atoms with Crippen molar-refractivity contribution in [3.05, 3.63) is 161 Å². The molecule has 5 aromatic rings. The first-order valence-electron chi connectivity index (χ1n) is 19.3. The van der Waals surface area contributed by atoms with Crippen LogP contribution in [0.5, 0.6) is 0 Å². The first-order valence-corrected chi connectivity index (χ1v) is 19.3. The summed E-state index contributed by atoms with van der Waals surface area (Å²) in [7, 11) is 0. The first-order chi connectivity index (χ1) is 26.9. The van der Waals surface area contributed by atoms with Crippen molar-refractivity contribution < 1.29 is 24.2 Å². The number of hydrogen-bond acceptors (Lipinski definition) is 7. The summed E-state index contributed by atoms with van der Waals surface area (Å²) in [5.41, 5.74) is 7.08. The van der Waals surface area contributed by atoms with Crippen LogP contribution in [0.3, 0.4) is 0 Å². The zero-order chi connectivity index (χ0) is 37.8. The van der Waals surface area contributed by atoms with E-state index in [0.29, 0.717) is 18.8 Å². The summed E-state index contributed by atoms with van der Waals surface area (Å²) in [6, 6.07) is 43.9. The maximum Gasteiger partial charge on any atom is 0.251 e. The van der Waals surface area contributed by atoms with Crippen molar-refractivity contribution in [1.82, 2.24) is 15.5 Å². The van der Waals surface area contributed by atoms with Crippen molar-refractivity contribution in [2.45, 2.75) is 57.0 Å². The normalized spacial score (nSPS) is 22.4. The van der Waals surface area contributed by atoms with Gasteiger partial charge < -0.3 is 35.0 Å². The van der Waals surface area contributed by atoms with E-state index in [1.165, 1.54) is 0 Å². The molecule has 8 rings (SSSR count). The summed E-state index contributed by atoms with van der Waals surface area (Å²) in [4.78, 5) is 30.8. The van der Waals surface area contributed by atoms with Crippen molar-refractivity contribution in [3.8, 4) is 11.1 Å². The van der Waals surface area contributed by atoms with Gasteiger partial charge >= 0.3 is 0 Å². The van der Waals surface area contributed by atoms with Gasteiger partial charge in [0.25, 0.3) is 5.91 Å². The van der Waals surface area contributed by atoms with Crippen LogP contribution in [0.1, 0.15) is 64.8 Å². The SMILES string of the molecule is CC1C(CN2CCC3(CC2)C(=O)NCN3c2ccccc2)OC(c2ccc(-c3ccccc3CNC(=O)c3ccccc3)cc2)OC1c1ccc(CO)cc1. The van der Waals surface area contributed by atoms with Gasteiger partial charge in [-0.15, -0.1) is 0 Å². The molecule has 3 heterocycles. The van der Waals surface area contributed by atoms with E-state index in [4.69, 9.17) is 9.47 Å². The van der Waals surface area contributed by atoms with Crippen LogP contribution in [0.15, 0.2) is 133 Å². The molecule has 9 nitrogen and oxygen atoms in total. The van der Waals surface area contributed by atoms with Crippen molar-refractivity contribution >= 4 is 17.5 Å². The van der Waals surface area contributed by atoms with Gasteiger partial charge in [-0.25, -0.2) is 0 Å². The molecule has 55 heavy (non-hydrogen) atoms. The molecule has 3 aliphatic heterocycles. The van der Waals surface area contributed by atoms with Gasteiger partial charge in [-0.2, -0.15) is 0 Å². The quantitative estimate of drug-likeness (QED) is 0.142. The Labute approximate surface area is 322 Å². The number of hydrogen-bond donors (Lipinski definition) is 3. The smallest absolute Gasteiger partial charge is 0.251 e. The molecule has 5 aromatic carbocycles. The van der Waals surface area contributed by atoms with E-state index < -0.39 is 11.8 Å². The van der Waals surface area contributed by atoms with Crippen LogP contribution in [0.4, 0.5) is 5.69 Å². The minimum Gasteiger partial charge on any atom is -0.392 e. The molecule has 282 valence electrons. The Kier molecular flexibility index (Phi) is 10.8. The van der Waals surface area contributed by atoms with Crippen LogP contribution >= 0.6 is 0 Å². The highest BCUT2D eigenvalue weighted by Gasteiger charge is 2.51. The second-order valence-corrected chi connectivity index (χ2v) is 14.9. The third-order valence-electron chi connectivity index (χ3n) is 11.6. The summed E-state index contributed by atoms with van der Waals surface area (Å²) < 4.78 is 13.6. The van der Waals surface area contributed by atoms with Crippen LogP contribution in [0, 0.1) is 5.92 Å². The molecule has 9 heteroatoms. The molecule has 0 saturated carbocycles. The molecule has 0 bridgehead atoms. The minimum atomic E-state index is -0.594. The maximum atomic E-state index is 13.3. The molecular weight excluding hydrogens is 689 g/mol. The molecule has 0 radical (unpaired) electrons. The number of likely N-dealkylation sites (tertiary alicyclic amines) is 1. The summed E-state index contributed by atoms with van der Waals surface area (Å²) in [6.07, 6.45) is 0.518. The van der Waals surface area contributed by atoms with Crippen LogP contribution < -0.4 is 15.5 Å². The molecule has 1 spiro atoms. The molecule has 0 aromatic heterocycles. The summed E-state index contributed by atoms with van der Waals surface area (Å²) >= 11 is 0. The van der Waals surface area contributed by atoms with E-state index in [9.17, 15) is 14.7 Å². The number of rotatable bonds is 10. The number of carbonyl (C=O) groups is 2. The molecule has 0 aliphatic carbocycles. The van der Waals surface area contributed by atoms with Gasteiger partial charge in [-0.1, -0.05) is 116 Å². The van der Waals surface area contributed by atoms with Gasteiger partial charge in [0.15, 0.2) is 6.29 Å². The van der Waals surface area contributed by atoms with Gasteiger partial charge in [-0.3, -0.25) is 9.59 Å². The third kappa shape index (κ3) is 7.66. The van der Waals surface area contributed by atoms with Gasteiger partial charge in [-0.05, 0) is 64.9 Å². The Balaban J connectivity index is 0.993. The maximum absolute atomic E-state index is 13.3. The lowest BCUT2D eigenvalue weighted by Crippen LogP contribution is -2.57. The highest BCUT2D eigenvalue weighted by molar-refractivity contribution is 5.94. The van der Waals surface area contributed by atoms with E-state index in [0.717, 1.165) is 71.5 Å². The Morgan fingerprint density at radius 3 is 2.18 bits per heavy atom. The second kappa shape index (κ2) is 16.2. The van der Waals surface area contributed by atoms with Crippen molar-refractivity contribution in [1.29, 1.82) is 0 Å². The molecule has 3 saturated heterocycles. The number of piperidine rings is 1. The molecular formula is C46H48N4O5. The van der Waals surface area contributed by atoms with E-state index >= 15 is 0 Å². The number of nitrogens with zero attached hydrogens (tertiary/aromatic N) is 2. The summed E-state index contributed by atoms with van der Waals surface area (Å²) in [5.74, 6) is 0.0463. The highest BCUT2D eigenvalue weighted by atomic mass is 16.7. The number of aliphatic hydroxyl groups is 1. The lowest BCUT2D eigenvalue weighted by molar-refractivity contribution is -0.276. The Morgan fingerprint density at radius 2 is 1.47 bits per heavy atom. The first kappa shape index (κ1) is 36.6. The molecule has 3 N–H and O–H groups in total. The monoisotopic (exact) mass is 736 g/mol. The van der Waals surface area contributed by atoms with Gasteiger partial charge in [0.05, 0.1) is 25.5 Å². The van der Waals surface area contributed by atoms with E-state index in [-0.39, 0.29) is 36.5 Å². The van der Waals surface area contributed by atoms with Crippen LogP contribution in [-0.2, 0) is 27.4 Å². The Bertz CT molecular complexity index is 2070. The van der Waals surface area contributed by atoms with E-state index in [2.05, 4.69) is 69.8 Å². The zero-order valence-electron chi connectivity index (χ0n) is 31.1. The number of amides is 2. The largest absolute Gasteiger partial charge is 0.392 e. The molecule has 2 amide bonds. The Hall–Kier alpha value is -5.32. The predicted octanol–water partition coefficient (Wildman–Crippen LogP) is 7.00. The number of nitrogens with one attached hydrogen (secondary N) is 2. The fraction of sp³-hybridized carbons (Fsp3) is 0.304. The predicted molar refractivity (Wildman–Crippen MR) is 213 cm³/mol. The number of ether oxygens (including phenoxy) is 2.